The molecule has 2 N–H and O–H groups in total. The smallest absolute Gasteiger partial charge is 0.242 e. The van der Waals surface area contributed by atoms with E-state index in [0.717, 1.165) is 0 Å². The summed E-state index contributed by atoms with van der Waals surface area (Å²) < 4.78 is 51.8. The quantitative estimate of drug-likeness (QED) is 0.778. The lowest BCUT2D eigenvalue weighted by Gasteiger charge is -2.22. The van der Waals surface area contributed by atoms with Gasteiger partial charge < -0.3 is 9.67 Å². The lowest BCUT2D eigenvalue weighted by molar-refractivity contribution is 0.271. The fraction of sp³-hybridized carbons (Fsp3) is 0.667. The van der Waals surface area contributed by atoms with Crippen LogP contribution >= 0.6 is 0 Å². The van der Waals surface area contributed by atoms with Crippen LogP contribution in [0.3, 0.4) is 0 Å². The first-order chi connectivity index (χ1) is 9.77. The number of sulfone groups is 1. The van der Waals surface area contributed by atoms with Crippen LogP contribution in [0.4, 0.5) is 0 Å². The average Bonchev–Trinajstić information content (AvgIpc) is 2.80. The molecule has 1 aliphatic rings. The molecule has 1 unspecified atom stereocenters. The Hall–Kier alpha value is -0.900. The third-order valence-electron chi connectivity index (χ3n) is 3.56. The molecule has 120 valence electrons. The third-order valence-corrected chi connectivity index (χ3v) is 6.87. The van der Waals surface area contributed by atoms with E-state index in [2.05, 4.69) is 4.72 Å². The van der Waals surface area contributed by atoms with Crippen molar-refractivity contribution in [3.05, 3.63) is 18.0 Å². The van der Waals surface area contributed by atoms with Crippen molar-refractivity contribution in [1.29, 1.82) is 0 Å². The molecule has 7 nitrogen and oxygen atoms in total. The van der Waals surface area contributed by atoms with Gasteiger partial charge in [0.25, 0.3) is 0 Å². The van der Waals surface area contributed by atoms with Crippen LogP contribution in [-0.4, -0.2) is 44.1 Å². The van der Waals surface area contributed by atoms with Crippen molar-refractivity contribution in [1.82, 2.24) is 9.29 Å². The molecule has 0 bridgehead atoms. The maximum absolute atomic E-state index is 12.3. The monoisotopic (exact) mass is 336 g/mol. The number of nitrogens with one attached hydrogen (secondary N) is 1. The van der Waals surface area contributed by atoms with Crippen LogP contribution in [0.15, 0.2) is 17.2 Å². The molecule has 0 saturated carbocycles. The Balaban J connectivity index is 2.20. The number of aromatic nitrogens is 1. The first-order valence-corrected chi connectivity index (χ1v) is 10.1. The van der Waals surface area contributed by atoms with E-state index in [0.29, 0.717) is 25.1 Å². The zero-order valence-electron chi connectivity index (χ0n) is 11.8. The standard InChI is InChI=1S/C12H20N2O5S2/c1-2-14-7-12(6-11(14)8-15)21(18,19)13-10-4-3-5-20(16,17)9-10/h6-7,10,13,15H,2-5,8-9H2,1H3. The molecule has 0 amide bonds. The summed E-state index contributed by atoms with van der Waals surface area (Å²) in [6.45, 7) is 2.14. The molecule has 21 heavy (non-hydrogen) atoms. The van der Waals surface area contributed by atoms with Crippen molar-refractivity contribution >= 4 is 19.9 Å². The minimum absolute atomic E-state index is 0.0522. The highest BCUT2D eigenvalue weighted by atomic mass is 32.2. The zero-order chi connectivity index (χ0) is 15.7. The number of hydrogen-bond acceptors (Lipinski definition) is 5. The van der Waals surface area contributed by atoms with Gasteiger partial charge in [-0.05, 0) is 25.8 Å². The van der Waals surface area contributed by atoms with Crippen molar-refractivity contribution in [2.24, 2.45) is 0 Å². The highest BCUT2D eigenvalue weighted by Crippen LogP contribution is 2.18. The molecule has 1 fully saturated rings. The number of rotatable bonds is 5. The Morgan fingerprint density at radius 1 is 1.48 bits per heavy atom. The fourth-order valence-corrected chi connectivity index (χ4v) is 5.58. The number of aliphatic hydroxyl groups is 1. The molecule has 1 saturated heterocycles. The van der Waals surface area contributed by atoms with Gasteiger partial charge in [-0.1, -0.05) is 0 Å². The van der Waals surface area contributed by atoms with Crippen LogP contribution < -0.4 is 4.72 Å². The molecule has 2 heterocycles. The van der Waals surface area contributed by atoms with Crippen LogP contribution in [0, 0.1) is 0 Å². The molecular weight excluding hydrogens is 316 g/mol. The fourth-order valence-electron chi connectivity index (χ4n) is 2.50. The van der Waals surface area contributed by atoms with Crippen LogP contribution in [-0.2, 0) is 33.0 Å². The van der Waals surface area contributed by atoms with Gasteiger partial charge in [0.05, 0.1) is 23.0 Å². The minimum Gasteiger partial charge on any atom is -0.390 e. The molecule has 0 aromatic carbocycles. The molecular formula is C12H20N2O5S2. The number of nitrogens with zero attached hydrogens (tertiary/aromatic N) is 1. The van der Waals surface area contributed by atoms with E-state index in [9.17, 15) is 21.9 Å². The lowest BCUT2D eigenvalue weighted by Crippen LogP contribution is -2.43. The summed E-state index contributed by atoms with van der Waals surface area (Å²) in [5, 5.41) is 9.20. The maximum atomic E-state index is 12.3. The molecule has 0 aliphatic carbocycles. The molecule has 1 atom stereocenters. The highest BCUT2D eigenvalue weighted by Gasteiger charge is 2.29. The average molecular weight is 336 g/mol. The Bertz CT molecular complexity index is 685. The summed E-state index contributed by atoms with van der Waals surface area (Å²) in [4.78, 5) is 0.0522. The number of sulfonamides is 1. The summed E-state index contributed by atoms with van der Waals surface area (Å²) in [5.41, 5.74) is 0.508. The second-order valence-electron chi connectivity index (χ2n) is 5.19. The van der Waals surface area contributed by atoms with Crippen LogP contribution in [0.25, 0.3) is 0 Å². The predicted octanol–water partition coefficient (Wildman–Crippen LogP) is -0.144. The molecule has 0 radical (unpaired) electrons. The topological polar surface area (TPSA) is 105 Å². The van der Waals surface area contributed by atoms with Gasteiger partial charge >= 0.3 is 0 Å². The van der Waals surface area contributed by atoms with E-state index >= 15 is 0 Å². The summed E-state index contributed by atoms with van der Waals surface area (Å²) in [6.07, 6.45) is 2.43. The van der Waals surface area contributed by atoms with E-state index in [4.69, 9.17) is 0 Å². The van der Waals surface area contributed by atoms with Gasteiger partial charge in [-0.3, -0.25) is 0 Å². The Labute approximate surface area is 124 Å². The van der Waals surface area contributed by atoms with Crippen molar-refractivity contribution < 1.29 is 21.9 Å². The maximum Gasteiger partial charge on any atom is 0.242 e. The lowest BCUT2D eigenvalue weighted by atomic mass is 10.2. The van der Waals surface area contributed by atoms with E-state index in [1.54, 1.807) is 4.57 Å². The summed E-state index contributed by atoms with van der Waals surface area (Å²) in [7, 11) is -6.95. The predicted molar refractivity (Wildman–Crippen MR) is 78.0 cm³/mol. The SMILES string of the molecule is CCn1cc(S(=O)(=O)NC2CCCS(=O)(=O)C2)cc1CO. The Morgan fingerprint density at radius 2 is 2.19 bits per heavy atom. The second kappa shape index (κ2) is 6.07. The van der Waals surface area contributed by atoms with Crippen LogP contribution in [0.5, 0.6) is 0 Å². The third kappa shape index (κ3) is 3.85. The molecule has 1 aromatic rings. The largest absolute Gasteiger partial charge is 0.390 e. The molecule has 2 rings (SSSR count). The molecule has 1 aromatic heterocycles. The molecule has 9 heteroatoms. The van der Waals surface area contributed by atoms with E-state index in [1.165, 1.54) is 12.3 Å². The van der Waals surface area contributed by atoms with Crippen molar-refractivity contribution in [2.45, 2.75) is 43.9 Å². The van der Waals surface area contributed by atoms with E-state index < -0.39 is 25.9 Å². The van der Waals surface area contributed by atoms with Gasteiger partial charge in [-0.2, -0.15) is 0 Å². The molecule has 0 spiro atoms. The minimum atomic E-state index is -3.78. The summed E-state index contributed by atoms with van der Waals surface area (Å²) in [5.74, 6) is -0.0420. The van der Waals surface area contributed by atoms with Gasteiger partial charge in [0.2, 0.25) is 10.0 Å². The van der Waals surface area contributed by atoms with Gasteiger partial charge in [-0.15, -0.1) is 0 Å². The Kier molecular flexibility index (Phi) is 4.76. The first kappa shape index (κ1) is 16.5. The van der Waals surface area contributed by atoms with Crippen molar-refractivity contribution in [3.8, 4) is 0 Å². The van der Waals surface area contributed by atoms with Crippen LogP contribution in [0.2, 0.25) is 0 Å². The van der Waals surface area contributed by atoms with E-state index in [-0.39, 0.29) is 23.0 Å². The summed E-state index contributed by atoms with van der Waals surface area (Å²) in [6, 6.07) is 0.819. The van der Waals surface area contributed by atoms with Crippen molar-refractivity contribution in [3.63, 3.8) is 0 Å². The Morgan fingerprint density at radius 3 is 2.71 bits per heavy atom. The highest BCUT2D eigenvalue weighted by molar-refractivity contribution is 7.91. The van der Waals surface area contributed by atoms with E-state index in [1.807, 2.05) is 6.92 Å². The van der Waals surface area contributed by atoms with Crippen molar-refractivity contribution in [2.75, 3.05) is 11.5 Å². The second-order valence-corrected chi connectivity index (χ2v) is 9.13. The van der Waals surface area contributed by atoms with Crippen LogP contribution in [0.1, 0.15) is 25.5 Å². The number of aliphatic hydroxyl groups excluding tert-OH is 1. The van der Waals surface area contributed by atoms with Gasteiger partial charge in [0.1, 0.15) is 0 Å². The number of hydrogen-bond donors (Lipinski definition) is 2. The number of aryl methyl sites for hydroxylation is 1. The van der Waals surface area contributed by atoms with Gasteiger partial charge in [0.15, 0.2) is 9.84 Å². The summed E-state index contributed by atoms with van der Waals surface area (Å²) >= 11 is 0. The first-order valence-electron chi connectivity index (χ1n) is 6.80. The van der Waals surface area contributed by atoms with Gasteiger partial charge in [-0.25, -0.2) is 21.6 Å². The van der Waals surface area contributed by atoms with Gasteiger partial charge in [0, 0.05) is 24.5 Å². The normalized spacial score (nSPS) is 22.3. The molecule has 1 aliphatic heterocycles. The zero-order valence-corrected chi connectivity index (χ0v) is 13.5.